The largest absolute Gasteiger partial charge is 0.352 e. The number of rotatable bonds is 9. The van der Waals surface area contributed by atoms with Crippen LogP contribution in [-0.2, 0) is 14.8 Å². The number of nitrogens with one attached hydrogen (secondary N) is 2. The molecule has 3 aromatic rings. The standard InChI is InChI=1S/C26H27Cl2N3O4S/c1-17(2)15-29-26(33)23-6-4-5-7-24(23)30-25(32)16-31(21-13-19(27)12-20(28)14-21)36(34,35)22-10-8-18(3)9-11-22/h4-14,17H,15-16H2,1-3H3,(H,29,33)(H,30,32). The lowest BCUT2D eigenvalue weighted by atomic mass is 10.1. The quantitative estimate of drug-likeness (QED) is 0.368. The summed E-state index contributed by atoms with van der Waals surface area (Å²) >= 11 is 12.3. The Morgan fingerprint density at radius 2 is 1.56 bits per heavy atom. The molecule has 0 saturated heterocycles. The van der Waals surface area contributed by atoms with E-state index in [4.69, 9.17) is 23.2 Å². The summed E-state index contributed by atoms with van der Waals surface area (Å²) in [5.41, 5.74) is 1.55. The molecular weight excluding hydrogens is 521 g/mol. The van der Waals surface area contributed by atoms with Crippen LogP contribution in [0.5, 0.6) is 0 Å². The van der Waals surface area contributed by atoms with Gasteiger partial charge in [0.2, 0.25) is 5.91 Å². The second-order valence-corrected chi connectivity index (χ2v) is 11.4. The highest BCUT2D eigenvalue weighted by molar-refractivity contribution is 7.92. The SMILES string of the molecule is Cc1ccc(S(=O)(=O)N(CC(=O)Nc2ccccc2C(=O)NCC(C)C)c2cc(Cl)cc(Cl)c2)cc1. The molecule has 3 rings (SSSR count). The number of benzene rings is 3. The Bertz CT molecular complexity index is 1340. The van der Waals surface area contributed by atoms with Crippen LogP contribution in [0.2, 0.25) is 10.0 Å². The van der Waals surface area contributed by atoms with Gasteiger partial charge < -0.3 is 10.6 Å². The van der Waals surface area contributed by atoms with Crippen LogP contribution in [0.25, 0.3) is 0 Å². The highest BCUT2D eigenvalue weighted by atomic mass is 35.5. The molecule has 0 radical (unpaired) electrons. The predicted octanol–water partition coefficient (Wildman–Crippen LogP) is 5.52. The van der Waals surface area contributed by atoms with Gasteiger partial charge in [0, 0.05) is 16.6 Å². The molecular formula is C26H27Cl2N3O4S. The van der Waals surface area contributed by atoms with Gasteiger partial charge in [0.25, 0.3) is 15.9 Å². The summed E-state index contributed by atoms with van der Waals surface area (Å²) in [4.78, 5) is 25.8. The molecule has 2 N–H and O–H groups in total. The summed E-state index contributed by atoms with van der Waals surface area (Å²) in [6, 6.07) is 17.1. The number of anilines is 2. The topological polar surface area (TPSA) is 95.6 Å². The summed E-state index contributed by atoms with van der Waals surface area (Å²) in [5.74, 6) is -0.739. The predicted molar refractivity (Wildman–Crippen MR) is 144 cm³/mol. The first-order valence-corrected chi connectivity index (χ1v) is 13.4. The molecule has 0 heterocycles. The molecule has 0 spiro atoms. The zero-order chi connectivity index (χ0) is 26.5. The van der Waals surface area contributed by atoms with E-state index in [2.05, 4.69) is 10.6 Å². The van der Waals surface area contributed by atoms with Crippen molar-refractivity contribution < 1.29 is 18.0 Å². The van der Waals surface area contributed by atoms with Crippen LogP contribution >= 0.6 is 23.2 Å². The zero-order valence-corrected chi connectivity index (χ0v) is 22.4. The number of sulfonamides is 1. The lowest BCUT2D eigenvalue weighted by Gasteiger charge is -2.25. The van der Waals surface area contributed by atoms with E-state index in [1.165, 1.54) is 30.3 Å². The lowest BCUT2D eigenvalue weighted by Crippen LogP contribution is -2.38. The van der Waals surface area contributed by atoms with E-state index < -0.39 is 22.5 Å². The van der Waals surface area contributed by atoms with Crippen LogP contribution in [0.4, 0.5) is 11.4 Å². The van der Waals surface area contributed by atoms with Gasteiger partial charge in [-0.05, 0) is 55.3 Å². The molecule has 0 saturated carbocycles. The fourth-order valence-corrected chi connectivity index (χ4v) is 5.26. The van der Waals surface area contributed by atoms with Gasteiger partial charge in [0.1, 0.15) is 6.54 Å². The molecule has 0 aromatic heterocycles. The Labute approximate surface area is 221 Å². The average Bonchev–Trinajstić information content (AvgIpc) is 2.81. The molecule has 3 aromatic carbocycles. The van der Waals surface area contributed by atoms with Gasteiger partial charge in [-0.2, -0.15) is 0 Å². The van der Waals surface area contributed by atoms with Crippen molar-refractivity contribution in [2.45, 2.75) is 25.7 Å². The minimum absolute atomic E-state index is 0.00506. The molecule has 0 unspecified atom stereocenters. The first-order chi connectivity index (χ1) is 17.0. The molecule has 0 aliphatic heterocycles. The molecule has 190 valence electrons. The van der Waals surface area contributed by atoms with Crippen molar-refractivity contribution >= 4 is 56.4 Å². The second-order valence-electron chi connectivity index (χ2n) is 8.65. The third-order valence-electron chi connectivity index (χ3n) is 5.15. The number of hydrogen-bond donors (Lipinski definition) is 2. The van der Waals surface area contributed by atoms with Crippen molar-refractivity contribution in [3.05, 3.63) is 87.9 Å². The van der Waals surface area contributed by atoms with Gasteiger partial charge in [0.05, 0.1) is 21.8 Å². The monoisotopic (exact) mass is 547 g/mol. The lowest BCUT2D eigenvalue weighted by molar-refractivity contribution is -0.114. The number of aryl methyl sites for hydroxylation is 1. The van der Waals surface area contributed by atoms with E-state index in [0.29, 0.717) is 6.54 Å². The fourth-order valence-electron chi connectivity index (χ4n) is 3.34. The first-order valence-electron chi connectivity index (χ1n) is 11.2. The Morgan fingerprint density at radius 3 is 2.17 bits per heavy atom. The van der Waals surface area contributed by atoms with E-state index in [-0.39, 0.29) is 43.7 Å². The minimum atomic E-state index is -4.16. The zero-order valence-electron chi connectivity index (χ0n) is 20.1. The van der Waals surface area contributed by atoms with E-state index in [9.17, 15) is 18.0 Å². The van der Waals surface area contributed by atoms with Crippen molar-refractivity contribution in [2.75, 3.05) is 22.7 Å². The van der Waals surface area contributed by atoms with Crippen LogP contribution in [-0.4, -0.2) is 33.3 Å². The summed E-state index contributed by atoms with van der Waals surface area (Å²) in [5, 5.41) is 5.92. The Kier molecular flexibility index (Phi) is 9.00. The molecule has 10 heteroatoms. The minimum Gasteiger partial charge on any atom is -0.352 e. The molecule has 0 bridgehead atoms. The van der Waals surface area contributed by atoms with Crippen LogP contribution in [0.3, 0.4) is 0 Å². The number of nitrogens with zero attached hydrogens (tertiary/aromatic N) is 1. The Morgan fingerprint density at radius 1 is 0.944 bits per heavy atom. The van der Waals surface area contributed by atoms with E-state index in [1.54, 1.807) is 36.4 Å². The maximum atomic E-state index is 13.6. The summed E-state index contributed by atoms with van der Waals surface area (Å²) < 4.78 is 28.1. The summed E-state index contributed by atoms with van der Waals surface area (Å²) in [6.45, 7) is 5.68. The Hall–Kier alpha value is -3.07. The maximum absolute atomic E-state index is 13.6. The Balaban J connectivity index is 1.93. The summed E-state index contributed by atoms with van der Waals surface area (Å²) in [7, 11) is -4.16. The van der Waals surface area contributed by atoms with Crippen molar-refractivity contribution in [1.29, 1.82) is 0 Å². The molecule has 0 fully saturated rings. The van der Waals surface area contributed by atoms with Gasteiger partial charge >= 0.3 is 0 Å². The van der Waals surface area contributed by atoms with Crippen LogP contribution in [0.1, 0.15) is 29.8 Å². The van der Waals surface area contributed by atoms with Crippen LogP contribution in [0.15, 0.2) is 71.6 Å². The van der Waals surface area contributed by atoms with Gasteiger partial charge in [-0.15, -0.1) is 0 Å². The smallest absolute Gasteiger partial charge is 0.264 e. The molecule has 7 nitrogen and oxygen atoms in total. The number of carbonyl (C=O) groups is 2. The van der Waals surface area contributed by atoms with Crippen molar-refractivity contribution in [1.82, 2.24) is 5.32 Å². The third kappa shape index (κ3) is 7.00. The number of amides is 2. The number of carbonyl (C=O) groups excluding carboxylic acids is 2. The van der Waals surface area contributed by atoms with Crippen molar-refractivity contribution in [3.8, 4) is 0 Å². The number of para-hydroxylation sites is 1. The number of hydrogen-bond acceptors (Lipinski definition) is 4. The normalized spacial score (nSPS) is 11.3. The highest BCUT2D eigenvalue weighted by Crippen LogP contribution is 2.30. The highest BCUT2D eigenvalue weighted by Gasteiger charge is 2.28. The second kappa shape index (κ2) is 11.8. The van der Waals surface area contributed by atoms with Crippen LogP contribution < -0.4 is 14.9 Å². The van der Waals surface area contributed by atoms with E-state index in [1.807, 2.05) is 20.8 Å². The number of halogens is 2. The fraction of sp³-hybridized carbons (Fsp3) is 0.231. The molecule has 0 atom stereocenters. The molecule has 36 heavy (non-hydrogen) atoms. The van der Waals surface area contributed by atoms with Gasteiger partial charge in [-0.3, -0.25) is 13.9 Å². The van der Waals surface area contributed by atoms with Crippen molar-refractivity contribution in [3.63, 3.8) is 0 Å². The van der Waals surface area contributed by atoms with Crippen molar-refractivity contribution in [2.24, 2.45) is 5.92 Å². The van der Waals surface area contributed by atoms with Gasteiger partial charge in [-0.1, -0.05) is 66.9 Å². The first kappa shape index (κ1) is 27.5. The van der Waals surface area contributed by atoms with Crippen LogP contribution in [0, 0.1) is 12.8 Å². The average molecular weight is 548 g/mol. The third-order valence-corrected chi connectivity index (χ3v) is 7.37. The molecule has 0 aliphatic carbocycles. The molecule has 0 aliphatic rings. The maximum Gasteiger partial charge on any atom is 0.264 e. The van der Waals surface area contributed by atoms with Gasteiger partial charge in [-0.25, -0.2) is 8.42 Å². The van der Waals surface area contributed by atoms with E-state index in [0.717, 1.165) is 9.87 Å². The van der Waals surface area contributed by atoms with Gasteiger partial charge in [0.15, 0.2) is 0 Å². The molecule has 2 amide bonds. The van der Waals surface area contributed by atoms with E-state index >= 15 is 0 Å². The summed E-state index contributed by atoms with van der Waals surface area (Å²) in [6.07, 6.45) is 0.